The summed E-state index contributed by atoms with van der Waals surface area (Å²) < 4.78 is 31.9. The van der Waals surface area contributed by atoms with Crippen molar-refractivity contribution in [1.82, 2.24) is 19.7 Å². The van der Waals surface area contributed by atoms with Crippen molar-refractivity contribution < 1.29 is 13.2 Å². The maximum absolute atomic E-state index is 12.2. The normalized spacial score (nSPS) is 14.9. The van der Waals surface area contributed by atoms with Gasteiger partial charge in [0.1, 0.15) is 0 Å². The molecule has 1 aliphatic heterocycles. The monoisotopic (exact) mass is 375 g/mol. The van der Waals surface area contributed by atoms with E-state index in [2.05, 4.69) is 19.7 Å². The van der Waals surface area contributed by atoms with Crippen LogP contribution in [0.5, 0.6) is 6.01 Å². The lowest BCUT2D eigenvalue weighted by Crippen LogP contribution is -2.25. The molecule has 0 radical (unpaired) electrons. The second-order valence-electron chi connectivity index (χ2n) is 5.81. The van der Waals surface area contributed by atoms with E-state index in [0.29, 0.717) is 11.8 Å². The van der Waals surface area contributed by atoms with Gasteiger partial charge in [0.15, 0.2) is 5.82 Å². The molecule has 8 nitrogen and oxygen atoms in total. The molecule has 1 fully saturated rings. The summed E-state index contributed by atoms with van der Waals surface area (Å²) in [6, 6.07) is 9.39. The number of nitrogens with zero attached hydrogens (tertiary/aromatic N) is 4. The summed E-state index contributed by atoms with van der Waals surface area (Å²) in [5.41, 5.74) is 0.802. The molecular weight excluding hydrogens is 354 g/mol. The van der Waals surface area contributed by atoms with Crippen LogP contribution in [0.1, 0.15) is 24.2 Å². The van der Waals surface area contributed by atoms with Gasteiger partial charge >= 0.3 is 6.01 Å². The Balaban J connectivity index is 1.70. The summed E-state index contributed by atoms with van der Waals surface area (Å²) in [6.45, 7) is 1.71. The second-order valence-corrected chi connectivity index (χ2v) is 7.46. The van der Waals surface area contributed by atoms with Crippen molar-refractivity contribution in [3.8, 4) is 6.01 Å². The predicted molar refractivity (Wildman–Crippen MR) is 99.1 cm³/mol. The van der Waals surface area contributed by atoms with Crippen molar-refractivity contribution >= 4 is 22.0 Å². The number of sulfonamides is 1. The number of hydrogen-bond donors (Lipinski definition) is 1. The van der Waals surface area contributed by atoms with Crippen molar-refractivity contribution in [2.45, 2.75) is 19.4 Å². The summed E-state index contributed by atoms with van der Waals surface area (Å²) >= 11 is 0. The Kier molecular flexibility index (Phi) is 5.79. The minimum Gasteiger partial charge on any atom is -0.467 e. The van der Waals surface area contributed by atoms with E-state index in [-0.39, 0.29) is 12.6 Å². The highest BCUT2D eigenvalue weighted by atomic mass is 32.2. The number of nitrogens with one attached hydrogen (secondary N) is 1. The quantitative estimate of drug-likeness (QED) is 0.784. The molecule has 26 heavy (non-hydrogen) atoms. The topological polar surface area (TPSA) is 97.3 Å². The molecule has 0 unspecified atom stereocenters. The maximum Gasteiger partial charge on any atom is 0.321 e. The van der Waals surface area contributed by atoms with Gasteiger partial charge < -0.3 is 9.64 Å². The van der Waals surface area contributed by atoms with Crippen LogP contribution in [0.15, 0.2) is 35.7 Å². The summed E-state index contributed by atoms with van der Waals surface area (Å²) in [6.07, 6.45) is 3.70. The lowest BCUT2D eigenvalue weighted by Gasteiger charge is -2.16. The van der Waals surface area contributed by atoms with Crippen LogP contribution < -0.4 is 14.4 Å². The molecule has 138 valence electrons. The number of hydrogen-bond acceptors (Lipinski definition) is 7. The van der Waals surface area contributed by atoms with Gasteiger partial charge in [0.25, 0.3) is 0 Å². The molecule has 1 aromatic heterocycles. The molecule has 1 aliphatic rings. The Bertz CT molecular complexity index is 865. The van der Waals surface area contributed by atoms with Gasteiger partial charge in [-0.05, 0) is 24.5 Å². The van der Waals surface area contributed by atoms with Gasteiger partial charge in [-0.3, -0.25) is 0 Å². The summed E-state index contributed by atoms with van der Waals surface area (Å²) in [4.78, 5) is 14.8. The van der Waals surface area contributed by atoms with E-state index in [1.54, 1.807) is 0 Å². The first-order valence-electron chi connectivity index (χ1n) is 8.32. The van der Waals surface area contributed by atoms with Gasteiger partial charge in [-0.1, -0.05) is 30.3 Å². The summed E-state index contributed by atoms with van der Waals surface area (Å²) in [5.74, 6) is 0.832. The first-order chi connectivity index (χ1) is 12.6. The average molecular weight is 375 g/mol. The highest BCUT2D eigenvalue weighted by Crippen LogP contribution is 2.17. The van der Waals surface area contributed by atoms with Crippen LogP contribution in [0.3, 0.4) is 0 Å². The van der Waals surface area contributed by atoms with Crippen LogP contribution in [0, 0.1) is 0 Å². The zero-order valence-electron chi connectivity index (χ0n) is 14.5. The third-order valence-corrected chi connectivity index (χ3v) is 4.93. The Labute approximate surface area is 153 Å². The molecule has 0 atom stereocenters. The number of benzene rings is 1. The number of aromatic nitrogens is 3. The SMILES string of the molecule is COc1nc(CNS(=O)(=O)/C=C/c2ccccc2)nc(N2CCCC2)n1. The highest BCUT2D eigenvalue weighted by molar-refractivity contribution is 7.92. The number of ether oxygens (including phenoxy) is 1. The molecule has 3 rings (SSSR count). The van der Waals surface area contributed by atoms with Gasteiger partial charge in [-0.2, -0.15) is 15.0 Å². The first kappa shape index (κ1) is 18.3. The number of anilines is 1. The van der Waals surface area contributed by atoms with Crippen LogP contribution in [-0.4, -0.2) is 43.6 Å². The zero-order chi connectivity index (χ0) is 18.4. The van der Waals surface area contributed by atoms with E-state index in [1.807, 2.05) is 35.2 Å². The van der Waals surface area contributed by atoms with Crippen molar-refractivity contribution in [2.75, 3.05) is 25.1 Å². The molecule has 1 aromatic carbocycles. The van der Waals surface area contributed by atoms with Crippen LogP contribution in [0.2, 0.25) is 0 Å². The van der Waals surface area contributed by atoms with Gasteiger partial charge in [0, 0.05) is 18.5 Å². The van der Waals surface area contributed by atoms with E-state index >= 15 is 0 Å². The molecule has 0 spiro atoms. The van der Waals surface area contributed by atoms with E-state index in [4.69, 9.17) is 4.74 Å². The van der Waals surface area contributed by atoms with E-state index in [1.165, 1.54) is 13.2 Å². The fourth-order valence-corrected chi connectivity index (χ4v) is 3.32. The van der Waals surface area contributed by atoms with Crippen LogP contribution in [-0.2, 0) is 16.6 Å². The molecule has 0 aliphatic carbocycles. The van der Waals surface area contributed by atoms with Crippen LogP contribution >= 0.6 is 0 Å². The molecule has 9 heteroatoms. The molecule has 0 amide bonds. The van der Waals surface area contributed by atoms with Gasteiger partial charge in [-0.25, -0.2) is 13.1 Å². The molecular formula is C17H21N5O3S. The van der Waals surface area contributed by atoms with E-state index in [9.17, 15) is 8.42 Å². The Hall–Kier alpha value is -2.52. The Morgan fingerprint density at radius 1 is 1.15 bits per heavy atom. The fraction of sp³-hybridized carbons (Fsp3) is 0.353. The largest absolute Gasteiger partial charge is 0.467 e. The minimum atomic E-state index is -3.61. The van der Waals surface area contributed by atoms with Crippen LogP contribution in [0.25, 0.3) is 6.08 Å². The average Bonchev–Trinajstić information content (AvgIpc) is 3.20. The lowest BCUT2D eigenvalue weighted by molar-refractivity contribution is 0.375. The van der Waals surface area contributed by atoms with Crippen molar-refractivity contribution in [3.63, 3.8) is 0 Å². The fourth-order valence-electron chi connectivity index (χ4n) is 2.56. The van der Waals surface area contributed by atoms with Gasteiger partial charge in [0.2, 0.25) is 16.0 Å². The third kappa shape index (κ3) is 4.99. The van der Waals surface area contributed by atoms with E-state index < -0.39 is 10.0 Å². The standard InChI is InChI=1S/C17H21N5O3S/c1-25-17-20-15(19-16(21-17)22-10-5-6-11-22)13-18-26(23,24)12-9-14-7-3-2-4-8-14/h2-4,7-9,12,18H,5-6,10-11,13H2,1H3/b12-9+. The zero-order valence-corrected chi connectivity index (χ0v) is 15.3. The summed E-state index contributed by atoms with van der Waals surface area (Å²) in [5, 5.41) is 1.13. The van der Waals surface area contributed by atoms with Gasteiger partial charge in [-0.15, -0.1) is 0 Å². The van der Waals surface area contributed by atoms with Crippen molar-refractivity contribution in [3.05, 3.63) is 47.1 Å². The Morgan fingerprint density at radius 2 is 1.88 bits per heavy atom. The lowest BCUT2D eigenvalue weighted by atomic mass is 10.2. The summed E-state index contributed by atoms with van der Waals surface area (Å²) in [7, 11) is -2.14. The predicted octanol–water partition coefficient (Wildman–Crippen LogP) is 1.57. The first-order valence-corrected chi connectivity index (χ1v) is 9.87. The highest BCUT2D eigenvalue weighted by Gasteiger charge is 2.18. The van der Waals surface area contributed by atoms with Gasteiger partial charge in [0.05, 0.1) is 13.7 Å². The molecule has 2 aromatic rings. The molecule has 2 heterocycles. The second kappa shape index (κ2) is 8.24. The molecule has 0 saturated carbocycles. The molecule has 1 N–H and O–H groups in total. The Morgan fingerprint density at radius 3 is 2.58 bits per heavy atom. The number of rotatable bonds is 7. The van der Waals surface area contributed by atoms with Crippen LogP contribution in [0.4, 0.5) is 5.95 Å². The third-order valence-electron chi connectivity index (χ3n) is 3.89. The maximum atomic E-state index is 12.2. The van der Waals surface area contributed by atoms with E-state index in [0.717, 1.165) is 36.9 Å². The molecule has 1 saturated heterocycles. The number of methoxy groups -OCH3 is 1. The van der Waals surface area contributed by atoms with Crippen molar-refractivity contribution in [2.24, 2.45) is 0 Å². The minimum absolute atomic E-state index is 0.0405. The smallest absolute Gasteiger partial charge is 0.321 e. The molecule has 0 bridgehead atoms. The van der Waals surface area contributed by atoms with Crippen molar-refractivity contribution in [1.29, 1.82) is 0 Å².